The highest BCUT2D eigenvalue weighted by Gasteiger charge is 2.19. The zero-order chi connectivity index (χ0) is 19.2. The molecule has 1 amide bonds. The van der Waals surface area contributed by atoms with Crippen molar-refractivity contribution in [3.05, 3.63) is 40.4 Å². The first-order valence-corrected chi connectivity index (χ1v) is 11.2. The summed E-state index contributed by atoms with van der Waals surface area (Å²) in [5.41, 5.74) is 2.68. The molecular formula is C19H27ClN2O3S. The molecule has 0 aromatic heterocycles. The molecule has 0 spiro atoms. The van der Waals surface area contributed by atoms with Crippen LogP contribution >= 0.6 is 11.6 Å². The summed E-state index contributed by atoms with van der Waals surface area (Å²) < 4.78 is 25.7. The number of rotatable bonds is 8. The van der Waals surface area contributed by atoms with Crippen molar-refractivity contribution in [3.8, 4) is 0 Å². The molecule has 0 heterocycles. The summed E-state index contributed by atoms with van der Waals surface area (Å²) in [6, 6.07) is 5.17. The van der Waals surface area contributed by atoms with Gasteiger partial charge in [-0.2, -0.15) is 0 Å². The van der Waals surface area contributed by atoms with Crippen LogP contribution in [0.1, 0.15) is 44.1 Å². The highest BCUT2D eigenvalue weighted by Crippen LogP contribution is 2.26. The van der Waals surface area contributed by atoms with Gasteiger partial charge in [0.2, 0.25) is 15.9 Å². The SMILES string of the molecule is Cc1ccc(Cl)cc1N(CCCC(=O)NCC1=CCCCC1)S(C)(=O)=O. The van der Waals surface area contributed by atoms with Crippen LogP contribution in [0, 0.1) is 6.92 Å². The van der Waals surface area contributed by atoms with Crippen LogP contribution in [0.15, 0.2) is 29.8 Å². The number of nitrogens with zero attached hydrogens (tertiary/aromatic N) is 1. The normalized spacial score (nSPS) is 14.7. The van der Waals surface area contributed by atoms with Crippen molar-refractivity contribution in [2.75, 3.05) is 23.7 Å². The Balaban J connectivity index is 1.90. The van der Waals surface area contributed by atoms with E-state index in [1.54, 1.807) is 18.2 Å². The first kappa shape index (κ1) is 20.8. The number of anilines is 1. The molecule has 2 rings (SSSR count). The molecule has 0 aliphatic heterocycles. The molecule has 0 bridgehead atoms. The van der Waals surface area contributed by atoms with Crippen LogP contribution in [-0.4, -0.2) is 33.7 Å². The highest BCUT2D eigenvalue weighted by atomic mass is 35.5. The second-order valence-electron chi connectivity index (χ2n) is 6.75. The Labute approximate surface area is 161 Å². The molecule has 0 fully saturated rings. The molecule has 1 aromatic carbocycles. The summed E-state index contributed by atoms with van der Waals surface area (Å²) in [5, 5.41) is 3.41. The summed E-state index contributed by atoms with van der Waals surface area (Å²) in [6.07, 6.45) is 8.66. The fraction of sp³-hybridized carbons (Fsp3) is 0.526. The van der Waals surface area contributed by atoms with Crippen LogP contribution in [0.4, 0.5) is 5.69 Å². The first-order valence-electron chi connectivity index (χ1n) is 8.96. The third-order valence-electron chi connectivity index (χ3n) is 4.50. The lowest BCUT2D eigenvalue weighted by Crippen LogP contribution is -2.33. The summed E-state index contributed by atoms with van der Waals surface area (Å²) in [7, 11) is -3.45. The van der Waals surface area contributed by atoms with Crippen molar-refractivity contribution in [3.63, 3.8) is 0 Å². The van der Waals surface area contributed by atoms with Crippen molar-refractivity contribution in [1.82, 2.24) is 5.32 Å². The van der Waals surface area contributed by atoms with Gasteiger partial charge >= 0.3 is 0 Å². The van der Waals surface area contributed by atoms with Crippen LogP contribution in [-0.2, 0) is 14.8 Å². The molecule has 1 aliphatic carbocycles. The number of hydrogen-bond donors (Lipinski definition) is 1. The van der Waals surface area contributed by atoms with Gasteiger partial charge in [0.05, 0.1) is 11.9 Å². The number of sulfonamides is 1. The van der Waals surface area contributed by atoms with Crippen LogP contribution in [0.5, 0.6) is 0 Å². The van der Waals surface area contributed by atoms with Crippen LogP contribution < -0.4 is 9.62 Å². The summed E-state index contributed by atoms with van der Waals surface area (Å²) in [4.78, 5) is 12.0. The van der Waals surface area contributed by atoms with E-state index in [4.69, 9.17) is 11.6 Å². The zero-order valence-electron chi connectivity index (χ0n) is 15.4. The second-order valence-corrected chi connectivity index (χ2v) is 9.10. The summed E-state index contributed by atoms with van der Waals surface area (Å²) >= 11 is 6.02. The molecule has 0 saturated carbocycles. The molecule has 144 valence electrons. The molecule has 0 atom stereocenters. The minimum atomic E-state index is -3.45. The lowest BCUT2D eigenvalue weighted by Gasteiger charge is -2.24. The maximum atomic E-state index is 12.2. The van der Waals surface area contributed by atoms with E-state index in [-0.39, 0.29) is 12.5 Å². The molecule has 1 N–H and O–H groups in total. The number of allylic oxidation sites excluding steroid dienone is 1. The topological polar surface area (TPSA) is 66.5 Å². The third-order valence-corrected chi connectivity index (χ3v) is 5.92. The Bertz CT molecular complexity index is 775. The van der Waals surface area contributed by atoms with E-state index in [1.165, 1.54) is 29.0 Å². The van der Waals surface area contributed by atoms with Gasteiger partial charge in [-0.05, 0) is 56.7 Å². The average Bonchev–Trinajstić information content (AvgIpc) is 2.59. The molecule has 0 saturated heterocycles. The van der Waals surface area contributed by atoms with E-state index < -0.39 is 10.0 Å². The van der Waals surface area contributed by atoms with Crippen LogP contribution in [0.2, 0.25) is 5.02 Å². The quantitative estimate of drug-likeness (QED) is 0.677. The predicted octanol–water partition coefficient (Wildman–Crippen LogP) is 3.81. The standard InChI is InChI=1S/C19H27ClN2O3S/c1-15-10-11-17(20)13-18(15)22(26(2,24)25)12-6-9-19(23)21-14-16-7-4-3-5-8-16/h7,10-11,13H,3-6,8-9,12,14H2,1-2H3,(H,21,23). The minimum Gasteiger partial charge on any atom is -0.352 e. The van der Waals surface area contributed by atoms with E-state index in [0.29, 0.717) is 30.1 Å². The van der Waals surface area contributed by atoms with Crippen molar-refractivity contribution in [2.45, 2.75) is 45.4 Å². The fourth-order valence-electron chi connectivity index (χ4n) is 3.07. The Morgan fingerprint density at radius 2 is 2.08 bits per heavy atom. The molecule has 0 radical (unpaired) electrons. The van der Waals surface area contributed by atoms with E-state index in [1.807, 2.05) is 6.92 Å². The van der Waals surface area contributed by atoms with Gasteiger partial charge in [0.25, 0.3) is 0 Å². The highest BCUT2D eigenvalue weighted by molar-refractivity contribution is 7.92. The van der Waals surface area contributed by atoms with Crippen molar-refractivity contribution >= 4 is 33.2 Å². The number of hydrogen-bond acceptors (Lipinski definition) is 3. The van der Waals surface area contributed by atoms with Gasteiger partial charge in [0.15, 0.2) is 0 Å². The van der Waals surface area contributed by atoms with Gasteiger partial charge < -0.3 is 5.32 Å². The number of carbonyl (C=O) groups excluding carboxylic acids is 1. The minimum absolute atomic E-state index is 0.0484. The molecule has 7 heteroatoms. The number of aryl methyl sites for hydroxylation is 1. The lowest BCUT2D eigenvalue weighted by molar-refractivity contribution is -0.120. The third kappa shape index (κ3) is 6.32. The Morgan fingerprint density at radius 3 is 2.73 bits per heavy atom. The predicted molar refractivity (Wildman–Crippen MR) is 107 cm³/mol. The lowest BCUT2D eigenvalue weighted by atomic mass is 10.00. The maximum Gasteiger partial charge on any atom is 0.232 e. The second kappa shape index (κ2) is 9.42. The molecule has 26 heavy (non-hydrogen) atoms. The largest absolute Gasteiger partial charge is 0.352 e. The molecular weight excluding hydrogens is 372 g/mol. The van der Waals surface area contributed by atoms with Gasteiger partial charge in [-0.25, -0.2) is 8.42 Å². The monoisotopic (exact) mass is 398 g/mol. The van der Waals surface area contributed by atoms with Crippen molar-refractivity contribution in [1.29, 1.82) is 0 Å². The number of amides is 1. The van der Waals surface area contributed by atoms with Gasteiger partial charge in [0.1, 0.15) is 0 Å². The average molecular weight is 399 g/mol. The zero-order valence-corrected chi connectivity index (χ0v) is 17.0. The van der Waals surface area contributed by atoms with Crippen LogP contribution in [0.3, 0.4) is 0 Å². The molecule has 1 aromatic rings. The van der Waals surface area contributed by atoms with E-state index in [2.05, 4.69) is 11.4 Å². The number of halogens is 1. The van der Waals surface area contributed by atoms with Crippen molar-refractivity contribution < 1.29 is 13.2 Å². The fourth-order valence-corrected chi connectivity index (χ4v) is 4.25. The van der Waals surface area contributed by atoms with Gasteiger partial charge in [-0.15, -0.1) is 0 Å². The van der Waals surface area contributed by atoms with Gasteiger partial charge in [0, 0.05) is 24.5 Å². The Hall–Kier alpha value is -1.53. The number of nitrogens with one attached hydrogen (secondary N) is 1. The van der Waals surface area contributed by atoms with Gasteiger partial charge in [-0.3, -0.25) is 9.10 Å². The van der Waals surface area contributed by atoms with E-state index in [9.17, 15) is 13.2 Å². The summed E-state index contributed by atoms with van der Waals surface area (Å²) in [5.74, 6) is -0.0484. The Morgan fingerprint density at radius 1 is 1.31 bits per heavy atom. The Kier molecular flexibility index (Phi) is 7.53. The maximum absolute atomic E-state index is 12.2. The van der Waals surface area contributed by atoms with Crippen LogP contribution in [0.25, 0.3) is 0 Å². The smallest absolute Gasteiger partial charge is 0.232 e. The number of carbonyl (C=O) groups is 1. The first-order chi connectivity index (χ1) is 12.3. The van der Waals surface area contributed by atoms with E-state index in [0.717, 1.165) is 18.4 Å². The summed E-state index contributed by atoms with van der Waals surface area (Å²) in [6.45, 7) is 2.69. The molecule has 0 unspecified atom stereocenters. The molecule has 1 aliphatic rings. The van der Waals surface area contributed by atoms with Gasteiger partial charge in [-0.1, -0.05) is 29.3 Å². The number of benzene rings is 1. The van der Waals surface area contributed by atoms with E-state index >= 15 is 0 Å². The molecule has 5 nitrogen and oxygen atoms in total. The van der Waals surface area contributed by atoms with Crippen molar-refractivity contribution in [2.24, 2.45) is 0 Å².